The Hall–Kier alpha value is -3.29. The average molecular weight is 387 g/mol. The summed E-state index contributed by atoms with van der Waals surface area (Å²) in [5.74, 6) is -2.18. The fourth-order valence-electron chi connectivity index (χ4n) is 3.08. The SMILES string of the molecule is O=C(c1ccc(F)cc1F)N1CCn2nc(OCc3ccccc3F)cc2C1. The number of rotatable bonds is 4. The van der Waals surface area contributed by atoms with Crippen molar-refractivity contribution in [3.8, 4) is 5.88 Å². The molecule has 8 heteroatoms. The van der Waals surface area contributed by atoms with Crippen molar-refractivity contribution >= 4 is 5.91 Å². The highest BCUT2D eigenvalue weighted by atomic mass is 19.1. The Labute approximate surface area is 159 Å². The lowest BCUT2D eigenvalue weighted by Gasteiger charge is -2.27. The Bertz CT molecular complexity index is 1040. The van der Waals surface area contributed by atoms with E-state index in [0.29, 0.717) is 36.3 Å². The molecule has 0 saturated heterocycles. The summed E-state index contributed by atoms with van der Waals surface area (Å²) in [6.07, 6.45) is 0. The summed E-state index contributed by atoms with van der Waals surface area (Å²) in [4.78, 5) is 14.0. The van der Waals surface area contributed by atoms with Crippen molar-refractivity contribution in [1.82, 2.24) is 14.7 Å². The van der Waals surface area contributed by atoms with Crippen LogP contribution in [0.15, 0.2) is 48.5 Å². The van der Waals surface area contributed by atoms with E-state index in [1.54, 1.807) is 28.9 Å². The molecule has 1 amide bonds. The van der Waals surface area contributed by atoms with E-state index in [9.17, 15) is 18.0 Å². The number of nitrogens with zero attached hydrogens (tertiary/aromatic N) is 3. The Morgan fingerprint density at radius 2 is 1.86 bits per heavy atom. The molecule has 1 aromatic heterocycles. The van der Waals surface area contributed by atoms with E-state index in [1.165, 1.54) is 11.0 Å². The van der Waals surface area contributed by atoms with Gasteiger partial charge in [0.15, 0.2) is 0 Å². The average Bonchev–Trinajstić information content (AvgIpc) is 3.09. The van der Waals surface area contributed by atoms with E-state index in [-0.39, 0.29) is 24.5 Å². The fraction of sp³-hybridized carbons (Fsp3) is 0.200. The highest BCUT2D eigenvalue weighted by Crippen LogP contribution is 2.22. The first-order valence-electron chi connectivity index (χ1n) is 8.68. The molecule has 0 fully saturated rings. The van der Waals surface area contributed by atoms with Gasteiger partial charge in [-0.3, -0.25) is 9.48 Å². The molecule has 0 N–H and O–H groups in total. The van der Waals surface area contributed by atoms with Crippen LogP contribution in [0.2, 0.25) is 0 Å². The van der Waals surface area contributed by atoms with Crippen LogP contribution in [0, 0.1) is 17.5 Å². The van der Waals surface area contributed by atoms with Gasteiger partial charge in [-0.2, -0.15) is 0 Å². The number of amides is 1. The fourth-order valence-corrected chi connectivity index (χ4v) is 3.08. The summed E-state index contributed by atoms with van der Waals surface area (Å²) in [5.41, 5.74) is 0.952. The first-order valence-corrected chi connectivity index (χ1v) is 8.68. The molecule has 0 aliphatic carbocycles. The summed E-state index contributed by atoms with van der Waals surface area (Å²) in [6, 6.07) is 10.9. The van der Waals surface area contributed by atoms with E-state index in [1.807, 2.05) is 0 Å². The number of hydrogen-bond acceptors (Lipinski definition) is 3. The smallest absolute Gasteiger partial charge is 0.257 e. The third-order valence-corrected chi connectivity index (χ3v) is 4.56. The molecule has 144 valence electrons. The zero-order valence-electron chi connectivity index (χ0n) is 14.7. The van der Waals surface area contributed by atoms with Crippen molar-refractivity contribution in [2.75, 3.05) is 6.54 Å². The third kappa shape index (κ3) is 3.58. The maximum atomic E-state index is 13.9. The second-order valence-electron chi connectivity index (χ2n) is 6.43. The van der Waals surface area contributed by atoms with E-state index < -0.39 is 17.5 Å². The van der Waals surface area contributed by atoms with E-state index in [4.69, 9.17) is 4.74 Å². The summed E-state index contributed by atoms with van der Waals surface area (Å²) in [7, 11) is 0. The van der Waals surface area contributed by atoms with Crippen LogP contribution in [0.5, 0.6) is 5.88 Å². The van der Waals surface area contributed by atoms with Crippen molar-refractivity contribution in [2.45, 2.75) is 19.7 Å². The van der Waals surface area contributed by atoms with Gasteiger partial charge in [0.25, 0.3) is 5.91 Å². The largest absolute Gasteiger partial charge is 0.472 e. The molecule has 0 atom stereocenters. The zero-order chi connectivity index (χ0) is 19.7. The summed E-state index contributed by atoms with van der Waals surface area (Å²) in [6.45, 7) is 0.988. The van der Waals surface area contributed by atoms with Crippen molar-refractivity contribution in [3.05, 3.63) is 82.8 Å². The molecule has 0 spiro atoms. The van der Waals surface area contributed by atoms with Gasteiger partial charge >= 0.3 is 0 Å². The van der Waals surface area contributed by atoms with E-state index in [0.717, 1.165) is 12.1 Å². The van der Waals surface area contributed by atoms with Crippen molar-refractivity contribution in [2.24, 2.45) is 0 Å². The Morgan fingerprint density at radius 3 is 2.64 bits per heavy atom. The number of aromatic nitrogens is 2. The molecule has 0 radical (unpaired) electrons. The Morgan fingerprint density at radius 1 is 1.04 bits per heavy atom. The van der Waals surface area contributed by atoms with Crippen LogP contribution in [-0.2, 0) is 19.7 Å². The number of carbonyl (C=O) groups is 1. The number of benzene rings is 2. The molecular weight excluding hydrogens is 371 g/mol. The second-order valence-corrected chi connectivity index (χ2v) is 6.43. The van der Waals surface area contributed by atoms with Gasteiger partial charge < -0.3 is 9.64 Å². The molecule has 2 aromatic carbocycles. The lowest BCUT2D eigenvalue weighted by Crippen LogP contribution is -2.38. The van der Waals surface area contributed by atoms with Gasteiger partial charge in [0.1, 0.15) is 24.1 Å². The van der Waals surface area contributed by atoms with E-state index in [2.05, 4.69) is 5.10 Å². The molecular formula is C20H16F3N3O2. The van der Waals surface area contributed by atoms with Gasteiger partial charge in [-0.05, 0) is 18.2 Å². The normalized spacial score (nSPS) is 13.3. The van der Waals surface area contributed by atoms with Crippen LogP contribution in [0.25, 0.3) is 0 Å². The van der Waals surface area contributed by atoms with Crippen LogP contribution in [0.1, 0.15) is 21.6 Å². The van der Waals surface area contributed by atoms with Crippen LogP contribution >= 0.6 is 0 Å². The second kappa shape index (κ2) is 7.38. The quantitative estimate of drug-likeness (QED) is 0.688. The maximum absolute atomic E-state index is 13.9. The maximum Gasteiger partial charge on any atom is 0.257 e. The standard InChI is InChI=1S/C20H16F3N3O2/c21-14-5-6-16(18(23)9-14)20(27)25-7-8-26-15(11-25)10-19(24-26)28-12-13-3-1-2-4-17(13)22/h1-6,9-10H,7-8,11-12H2. The summed E-state index contributed by atoms with van der Waals surface area (Å²) in [5, 5.41) is 4.30. The number of carbonyl (C=O) groups excluding carboxylic acids is 1. The molecule has 2 heterocycles. The Kier molecular flexibility index (Phi) is 4.77. The minimum absolute atomic E-state index is 0.0343. The highest BCUT2D eigenvalue weighted by molar-refractivity contribution is 5.94. The number of fused-ring (bicyclic) bond motifs is 1. The molecule has 0 bridgehead atoms. The van der Waals surface area contributed by atoms with Gasteiger partial charge in [0, 0.05) is 24.2 Å². The van der Waals surface area contributed by atoms with E-state index >= 15 is 0 Å². The third-order valence-electron chi connectivity index (χ3n) is 4.56. The van der Waals surface area contributed by atoms with Crippen molar-refractivity contribution < 1.29 is 22.7 Å². The number of halogens is 3. The number of hydrogen-bond donors (Lipinski definition) is 0. The van der Waals surface area contributed by atoms with Crippen LogP contribution in [0.4, 0.5) is 13.2 Å². The molecule has 3 aromatic rings. The number of ether oxygens (including phenoxy) is 1. The molecule has 4 rings (SSSR count). The molecule has 1 aliphatic heterocycles. The Balaban J connectivity index is 1.45. The summed E-state index contributed by atoms with van der Waals surface area (Å²) >= 11 is 0. The molecule has 0 unspecified atom stereocenters. The lowest BCUT2D eigenvalue weighted by atomic mass is 10.1. The van der Waals surface area contributed by atoms with Gasteiger partial charge in [-0.15, -0.1) is 5.10 Å². The van der Waals surface area contributed by atoms with Crippen LogP contribution < -0.4 is 4.74 Å². The van der Waals surface area contributed by atoms with Gasteiger partial charge in [-0.25, -0.2) is 13.2 Å². The molecule has 1 aliphatic rings. The van der Waals surface area contributed by atoms with Gasteiger partial charge in [-0.1, -0.05) is 18.2 Å². The van der Waals surface area contributed by atoms with Crippen LogP contribution in [0.3, 0.4) is 0 Å². The molecule has 5 nitrogen and oxygen atoms in total. The van der Waals surface area contributed by atoms with Crippen LogP contribution in [-0.4, -0.2) is 27.1 Å². The van der Waals surface area contributed by atoms with Crippen molar-refractivity contribution in [3.63, 3.8) is 0 Å². The lowest BCUT2D eigenvalue weighted by molar-refractivity contribution is 0.0701. The van der Waals surface area contributed by atoms with Gasteiger partial charge in [0.2, 0.25) is 5.88 Å². The minimum Gasteiger partial charge on any atom is -0.472 e. The minimum atomic E-state index is -0.891. The first-order chi connectivity index (χ1) is 13.5. The first kappa shape index (κ1) is 18.1. The predicted octanol–water partition coefficient (Wildman–Crippen LogP) is 3.54. The topological polar surface area (TPSA) is 47.4 Å². The van der Waals surface area contributed by atoms with Gasteiger partial charge in [0.05, 0.1) is 24.3 Å². The molecule has 0 saturated carbocycles. The highest BCUT2D eigenvalue weighted by Gasteiger charge is 2.25. The summed E-state index contributed by atoms with van der Waals surface area (Å²) < 4.78 is 47.9. The van der Waals surface area contributed by atoms with Crippen molar-refractivity contribution in [1.29, 1.82) is 0 Å². The monoisotopic (exact) mass is 387 g/mol. The molecule has 28 heavy (non-hydrogen) atoms. The zero-order valence-corrected chi connectivity index (χ0v) is 14.7. The predicted molar refractivity (Wildman–Crippen MR) is 94.1 cm³/mol.